The molecule has 0 radical (unpaired) electrons. The first-order valence-corrected chi connectivity index (χ1v) is 9.24. The number of H-pyrrole nitrogens is 1. The highest BCUT2D eigenvalue weighted by molar-refractivity contribution is 6.08. The van der Waals surface area contributed by atoms with E-state index in [1.807, 2.05) is 30.5 Å². The number of benzene rings is 2. The SMILES string of the molecule is O=C(CN(C1CC1)C1CCc2ccccc21)c1c[nH]c2ccccc12. The lowest BCUT2D eigenvalue weighted by Gasteiger charge is -2.29. The summed E-state index contributed by atoms with van der Waals surface area (Å²) in [5.41, 5.74) is 4.75. The van der Waals surface area contributed by atoms with Crippen LogP contribution in [0.25, 0.3) is 10.9 Å². The number of aromatic amines is 1. The Morgan fingerprint density at radius 3 is 2.72 bits per heavy atom. The summed E-state index contributed by atoms with van der Waals surface area (Å²) in [6.45, 7) is 0.519. The van der Waals surface area contributed by atoms with Crippen molar-refractivity contribution in [1.29, 1.82) is 0 Å². The number of para-hydroxylation sites is 1. The minimum atomic E-state index is 0.230. The van der Waals surface area contributed by atoms with E-state index in [1.54, 1.807) is 0 Å². The van der Waals surface area contributed by atoms with Crippen LogP contribution in [-0.4, -0.2) is 28.3 Å². The molecule has 126 valence electrons. The molecule has 0 amide bonds. The summed E-state index contributed by atoms with van der Waals surface area (Å²) in [5, 5.41) is 1.04. The van der Waals surface area contributed by atoms with Gasteiger partial charge in [-0.2, -0.15) is 0 Å². The van der Waals surface area contributed by atoms with Gasteiger partial charge in [-0.05, 0) is 42.9 Å². The Morgan fingerprint density at radius 2 is 1.84 bits per heavy atom. The number of carbonyl (C=O) groups is 1. The van der Waals surface area contributed by atoms with Crippen LogP contribution in [0.4, 0.5) is 0 Å². The lowest BCUT2D eigenvalue weighted by Crippen LogP contribution is -2.34. The molecule has 2 aromatic carbocycles. The molecule has 25 heavy (non-hydrogen) atoms. The number of aromatic nitrogens is 1. The van der Waals surface area contributed by atoms with Gasteiger partial charge < -0.3 is 4.98 Å². The van der Waals surface area contributed by atoms with Gasteiger partial charge >= 0.3 is 0 Å². The van der Waals surface area contributed by atoms with Crippen molar-refractivity contribution in [3.8, 4) is 0 Å². The number of nitrogens with zero attached hydrogens (tertiary/aromatic N) is 1. The Bertz CT molecular complexity index is 938. The summed E-state index contributed by atoms with van der Waals surface area (Å²) in [6, 6.07) is 17.8. The third-order valence-electron chi connectivity index (χ3n) is 5.73. The van der Waals surface area contributed by atoms with E-state index in [-0.39, 0.29) is 5.78 Å². The molecule has 2 aliphatic carbocycles. The first-order chi connectivity index (χ1) is 12.3. The number of ketones is 1. The van der Waals surface area contributed by atoms with Gasteiger partial charge in [-0.3, -0.25) is 9.69 Å². The Labute approximate surface area is 147 Å². The molecule has 1 aromatic heterocycles. The number of aryl methyl sites for hydroxylation is 1. The number of carbonyl (C=O) groups excluding carboxylic acids is 1. The normalized spacial score (nSPS) is 19.5. The fourth-order valence-electron chi connectivity index (χ4n) is 4.33. The quantitative estimate of drug-likeness (QED) is 0.699. The highest BCUT2D eigenvalue weighted by atomic mass is 16.1. The van der Waals surface area contributed by atoms with Crippen LogP contribution in [0.3, 0.4) is 0 Å². The third-order valence-corrected chi connectivity index (χ3v) is 5.73. The molecule has 1 atom stereocenters. The Hall–Kier alpha value is -2.39. The Morgan fingerprint density at radius 1 is 1.04 bits per heavy atom. The second-order valence-electron chi connectivity index (χ2n) is 7.33. The summed E-state index contributed by atoms with van der Waals surface area (Å²) in [7, 11) is 0. The topological polar surface area (TPSA) is 36.1 Å². The van der Waals surface area contributed by atoms with E-state index in [0.29, 0.717) is 18.6 Å². The van der Waals surface area contributed by atoms with Gasteiger partial charge in [0.05, 0.1) is 6.54 Å². The van der Waals surface area contributed by atoms with Crippen LogP contribution in [0, 0.1) is 0 Å². The third kappa shape index (κ3) is 2.59. The summed E-state index contributed by atoms with van der Waals surface area (Å²) in [6.07, 6.45) is 6.59. The molecule has 1 fully saturated rings. The fraction of sp³-hybridized carbons (Fsp3) is 0.318. The summed E-state index contributed by atoms with van der Waals surface area (Å²) >= 11 is 0. The van der Waals surface area contributed by atoms with Crippen LogP contribution >= 0.6 is 0 Å². The Balaban J connectivity index is 1.44. The molecule has 3 aromatic rings. The maximum Gasteiger partial charge on any atom is 0.178 e. The van der Waals surface area contributed by atoms with E-state index in [9.17, 15) is 4.79 Å². The number of fused-ring (bicyclic) bond motifs is 2. The summed E-state index contributed by atoms with van der Waals surface area (Å²) < 4.78 is 0. The van der Waals surface area contributed by atoms with Crippen LogP contribution in [0.5, 0.6) is 0 Å². The van der Waals surface area contributed by atoms with Crippen molar-refractivity contribution in [2.45, 2.75) is 37.8 Å². The molecule has 1 N–H and O–H groups in total. The van der Waals surface area contributed by atoms with Crippen molar-refractivity contribution < 1.29 is 4.79 Å². The number of rotatable bonds is 5. The molecule has 0 aliphatic heterocycles. The minimum absolute atomic E-state index is 0.230. The van der Waals surface area contributed by atoms with Crippen molar-refractivity contribution >= 4 is 16.7 Å². The molecular formula is C22H22N2O. The van der Waals surface area contributed by atoms with E-state index >= 15 is 0 Å². The van der Waals surface area contributed by atoms with Crippen molar-refractivity contribution in [3.63, 3.8) is 0 Å². The second-order valence-corrected chi connectivity index (χ2v) is 7.33. The van der Waals surface area contributed by atoms with Gasteiger partial charge in [-0.25, -0.2) is 0 Å². The van der Waals surface area contributed by atoms with Gasteiger partial charge in [0, 0.05) is 34.7 Å². The molecule has 0 bridgehead atoms. The standard InChI is InChI=1S/C22H22N2O/c25-22(19-13-23-20-8-4-3-7-18(19)20)14-24(16-10-11-16)21-12-9-15-5-1-2-6-17(15)21/h1-8,13,16,21,23H,9-12,14H2. The minimum Gasteiger partial charge on any atom is -0.360 e. The van der Waals surface area contributed by atoms with Crippen LogP contribution in [0.15, 0.2) is 54.7 Å². The van der Waals surface area contributed by atoms with Gasteiger partial charge in [0.25, 0.3) is 0 Å². The fourth-order valence-corrected chi connectivity index (χ4v) is 4.33. The number of hydrogen-bond donors (Lipinski definition) is 1. The van der Waals surface area contributed by atoms with E-state index in [1.165, 1.54) is 24.0 Å². The molecule has 1 heterocycles. The van der Waals surface area contributed by atoms with Crippen molar-refractivity contribution in [2.24, 2.45) is 0 Å². The number of Topliss-reactive ketones (excluding diaryl/α,β-unsaturated/α-hetero) is 1. The second kappa shape index (κ2) is 5.85. The summed E-state index contributed by atoms with van der Waals surface area (Å²) in [5.74, 6) is 0.230. The predicted octanol–water partition coefficient (Wildman–Crippen LogP) is 4.50. The lowest BCUT2D eigenvalue weighted by atomic mass is 10.0. The van der Waals surface area contributed by atoms with E-state index < -0.39 is 0 Å². The van der Waals surface area contributed by atoms with E-state index in [4.69, 9.17) is 0 Å². The molecule has 1 unspecified atom stereocenters. The number of hydrogen-bond acceptors (Lipinski definition) is 2. The lowest BCUT2D eigenvalue weighted by molar-refractivity contribution is 0.0880. The molecule has 3 nitrogen and oxygen atoms in total. The van der Waals surface area contributed by atoms with Crippen molar-refractivity contribution in [2.75, 3.05) is 6.54 Å². The molecule has 0 spiro atoms. The average Bonchev–Trinajstić information content (AvgIpc) is 3.25. The van der Waals surface area contributed by atoms with Gasteiger partial charge in [-0.15, -0.1) is 0 Å². The molecule has 0 saturated heterocycles. The molecule has 3 heteroatoms. The Kier molecular flexibility index (Phi) is 3.49. The van der Waals surface area contributed by atoms with Gasteiger partial charge in [0.1, 0.15) is 0 Å². The molecular weight excluding hydrogens is 308 g/mol. The van der Waals surface area contributed by atoms with Crippen LogP contribution in [0.1, 0.15) is 46.8 Å². The molecule has 1 saturated carbocycles. The van der Waals surface area contributed by atoms with Gasteiger partial charge in [-0.1, -0.05) is 42.5 Å². The maximum absolute atomic E-state index is 13.1. The van der Waals surface area contributed by atoms with Crippen molar-refractivity contribution in [3.05, 3.63) is 71.4 Å². The van der Waals surface area contributed by atoms with Crippen LogP contribution in [-0.2, 0) is 6.42 Å². The van der Waals surface area contributed by atoms with E-state index in [0.717, 1.165) is 29.3 Å². The smallest absolute Gasteiger partial charge is 0.178 e. The predicted molar refractivity (Wildman–Crippen MR) is 99.9 cm³/mol. The van der Waals surface area contributed by atoms with Gasteiger partial charge in [0.2, 0.25) is 0 Å². The molecule has 5 rings (SSSR count). The van der Waals surface area contributed by atoms with Crippen molar-refractivity contribution in [1.82, 2.24) is 9.88 Å². The molecule has 2 aliphatic rings. The largest absolute Gasteiger partial charge is 0.360 e. The monoisotopic (exact) mass is 330 g/mol. The maximum atomic E-state index is 13.1. The highest BCUT2D eigenvalue weighted by Gasteiger charge is 2.38. The first-order valence-electron chi connectivity index (χ1n) is 9.24. The van der Waals surface area contributed by atoms with E-state index in [2.05, 4.69) is 34.1 Å². The van der Waals surface area contributed by atoms with Crippen LogP contribution < -0.4 is 0 Å². The zero-order chi connectivity index (χ0) is 16.8. The zero-order valence-corrected chi connectivity index (χ0v) is 14.2. The first kappa shape index (κ1) is 14.9. The number of nitrogens with one attached hydrogen (secondary N) is 1. The highest BCUT2D eigenvalue weighted by Crippen LogP contribution is 2.41. The van der Waals surface area contributed by atoms with Crippen LogP contribution in [0.2, 0.25) is 0 Å². The van der Waals surface area contributed by atoms with Gasteiger partial charge in [0.15, 0.2) is 5.78 Å². The average molecular weight is 330 g/mol. The summed E-state index contributed by atoms with van der Waals surface area (Å²) in [4.78, 5) is 18.8. The zero-order valence-electron chi connectivity index (χ0n) is 14.2.